The Morgan fingerprint density at radius 2 is 2.27 bits per heavy atom. The van der Waals surface area contributed by atoms with E-state index in [1.165, 1.54) is 6.08 Å². The molecule has 0 aliphatic rings. The number of nitriles is 1. The molecule has 0 aliphatic carbocycles. The minimum atomic E-state index is 0.124. The molecule has 3 heteroatoms. The SMILES string of the molecule is CC(C)Oc1cccc(/C(Cl)=C/C#N)c1. The summed E-state index contributed by atoms with van der Waals surface area (Å²) in [5, 5.41) is 8.89. The lowest BCUT2D eigenvalue weighted by Crippen LogP contribution is -2.05. The van der Waals surface area contributed by atoms with Crippen molar-refractivity contribution in [3.8, 4) is 11.8 Å². The van der Waals surface area contributed by atoms with Gasteiger partial charge >= 0.3 is 0 Å². The minimum Gasteiger partial charge on any atom is -0.491 e. The van der Waals surface area contributed by atoms with Crippen LogP contribution in [0.1, 0.15) is 19.4 Å². The van der Waals surface area contributed by atoms with Crippen molar-refractivity contribution in [3.63, 3.8) is 0 Å². The standard InChI is InChI=1S/C12H12ClNO/c1-9(2)15-11-5-3-4-10(8-11)12(13)6-7-14/h3-6,8-9H,1-2H3/b12-6-. The third-order valence-corrected chi connectivity index (χ3v) is 2.00. The van der Waals surface area contributed by atoms with Gasteiger partial charge in [-0.25, -0.2) is 0 Å². The van der Waals surface area contributed by atoms with Crippen LogP contribution < -0.4 is 4.74 Å². The second kappa shape index (κ2) is 5.43. The average molecular weight is 222 g/mol. The molecule has 78 valence electrons. The van der Waals surface area contributed by atoms with Gasteiger partial charge in [-0.3, -0.25) is 0 Å². The van der Waals surface area contributed by atoms with Crippen molar-refractivity contribution >= 4 is 16.6 Å². The van der Waals surface area contributed by atoms with Gasteiger partial charge < -0.3 is 4.74 Å². The first-order chi connectivity index (χ1) is 7.13. The first-order valence-corrected chi connectivity index (χ1v) is 5.03. The lowest BCUT2D eigenvalue weighted by Gasteiger charge is -2.10. The van der Waals surface area contributed by atoms with E-state index in [4.69, 9.17) is 21.6 Å². The van der Waals surface area contributed by atoms with Crippen LogP contribution in [0.2, 0.25) is 0 Å². The predicted molar refractivity (Wildman–Crippen MR) is 61.6 cm³/mol. The highest BCUT2D eigenvalue weighted by atomic mass is 35.5. The molecule has 2 nitrogen and oxygen atoms in total. The van der Waals surface area contributed by atoms with Crippen LogP contribution in [-0.4, -0.2) is 6.10 Å². The Bertz CT molecular complexity index is 404. The molecule has 0 aliphatic heterocycles. The average Bonchev–Trinajstić information content (AvgIpc) is 2.17. The summed E-state index contributed by atoms with van der Waals surface area (Å²) in [4.78, 5) is 0. The Balaban J connectivity index is 2.93. The predicted octanol–water partition coefficient (Wildman–Crippen LogP) is 3.58. The lowest BCUT2D eigenvalue weighted by atomic mass is 10.2. The third-order valence-electron chi connectivity index (χ3n) is 1.67. The van der Waals surface area contributed by atoms with Crippen LogP contribution in [0.5, 0.6) is 5.75 Å². The summed E-state index contributed by atoms with van der Waals surface area (Å²) in [6.07, 6.45) is 1.43. The van der Waals surface area contributed by atoms with Crippen molar-refractivity contribution in [2.45, 2.75) is 20.0 Å². The highest BCUT2D eigenvalue weighted by Crippen LogP contribution is 2.23. The second-order valence-electron chi connectivity index (χ2n) is 3.32. The van der Waals surface area contributed by atoms with Crippen molar-refractivity contribution in [1.29, 1.82) is 5.26 Å². The topological polar surface area (TPSA) is 33.0 Å². The van der Waals surface area contributed by atoms with Crippen LogP contribution in [0.4, 0.5) is 0 Å². The highest BCUT2D eigenvalue weighted by Gasteiger charge is 2.01. The van der Waals surface area contributed by atoms with Crippen LogP contribution in [0.25, 0.3) is 5.03 Å². The molecule has 0 fully saturated rings. The van der Waals surface area contributed by atoms with Gasteiger partial charge in [-0.2, -0.15) is 5.26 Å². The minimum absolute atomic E-state index is 0.124. The lowest BCUT2D eigenvalue weighted by molar-refractivity contribution is 0.242. The van der Waals surface area contributed by atoms with Crippen molar-refractivity contribution in [3.05, 3.63) is 35.9 Å². The number of hydrogen-bond acceptors (Lipinski definition) is 2. The molecule has 0 saturated carbocycles. The van der Waals surface area contributed by atoms with Crippen LogP contribution >= 0.6 is 11.6 Å². The van der Waals surface area contributed by atoms with Gasteiger partial charge in [0, 0.05) is 6.08 Å². The van der Waals surface area contributed by atoms with Crippen molar-refractivity contribution in [1.82, 2.24) is 0 Å². The van der Waals surface area contributed by atoms with E-state index in [1.54, 1.807) is 0 Å². The molecule has 0 atom stereocenters. The number of hydrogen-bond donors (Lipinski definition) is 0. The van der Waals surface area contributed by atoms with Crippen LogP contribution in [0.15, 0.2) is 30.3 Å². The van der Waals surface area contributed by atoms with E-state index in [0.29, 0.717) is 5.03 Å². The Kier molecular flexibility index (Phi) is 4.20. The van der Waals surface area contributed by atoms with Gasteiger partial charge in [0.15, 0.2) is 0 Å². The Morgan fingerprint density at radius 3 is 2.87 bits per heavy atom. The fourth-order valence-corrected chi connectivity index (χ4v) is 1.30. The molecule has 0 saturated heterocycles. The first kappa shape index (κ1) is 11.6. The number of allylic oxidation sites excluding steroid dienone is 1. The largest absolute Gasteiger partial charge is 0.491 e. The fraction of sp³-hybridized carbons (Fsp3) is 0.250. The highest BCUT2D eigenvalue weighted by molar-refractivity contribution is 6.49. The van der Waals surface area contributed by atoms with Crippen LogP contribution in [0.3, 0.4) is 0 Å². The van der Waals surface area contributed by atoms with Gasteiger partial charge in [0.25, 0.3) is 0 Å². The molecular formula is C12H12ClNO. The Labute approximate surface area is 94.7 Å². The van der Waals surface area contributed by atoms with Crippen molar-refractivity contribution in [2.75, 3.05) is 0 Å². The molecule has 1 rings (SSSR count). The zero-order valence-electron chi connectivity index (χ0n) is 8.70. The van der Waals surface area contributed by atoms with Gasteiger partial charge in [0.2, 0.25) is 0 Å². The maximum atomic E-state index is 8.47. The molecule has 0 radical (unpaired) electrons. The monoisotopic (exact) mass is 221 g/mol. The maximum absolute atomic E-state index is 8.47. The summed E-state index contributed by atoms with van der Waals surface area (Å²) < 4.78 is 5.51. The summed E-state index contributed by atoms with van der Waals surface area (Å²) in [5.41, 5.74) is 0.788. The number of halogens is 1. The van der Waals surface area contributed by atoms with Crippen molar-refractivity contribution in [2.24, 2.45) is 0 Å². The van der Waals surface area contributed by atoms with E-state index in [2.05, 4.69) is 0 Å². The van der Waals surface area contributed by atoms with Gasteiger partial charge in [-0.1, -0.05) is 23.7 Å². The normalized spacial score (nSPS) is 11.3. The Morgan fingerprint density at radius 1 is 1.53 bits per heavy atom. The van der Waals surface area contributed by atoms with Gasteiger partial charge in [0.05, 0.1) is 17.2 Å². The number of nitrogens with zero attached hydrogens (tertiary/aromatic N) is 1. The number of rotatable bonds is 3. The summed E-state index contributed by atoms with van der Waals surface area (Å²) in [6, 6.07) is 9.25. The second-order valence-corrected chi connectivity index (χ2v) is 3.72. The van der Waals surface area contributed by atoms with E-state index in [1.807, 2.05) is 44.2 Å². The number of ether oxygens (including phenoxy) is 1. The summed E-state index contributed by atoms with van der Waals surface area (Å²) in [7, 11) is 0. The molecule has 0 amide bonds. The smallest absolute Gasteiger partial charge is 0.120 e. The summed E-state index contributed by atoms with van der Waals surface area (Å²) >= 11 is 5.90. The Hall–Kier alpha value is -1.46. The van der Waals surface area contributed by atoms with E-state index in [9.17, 15) is 0 Å². The van der Waals surface area contributed by atoms with E-state index >= 15 is 0 Å². The molecule has 0 N–H and O–H groups in total. The molecule has 1 aromatic carbocycles. The fourth-order valence-electron chi connectivity index (χ4n) is 1.13. The maximum Gasteiger partial charge on any atom is 0.120 e. The van der Waals surface area contributed by atoms with Crippen LogP contribution in [0, 0.1) is 11.3 Å². The molecule has 0 spiro atoms. The van der Waals surface area contributed by atoms with Gasteiger partial charge in [-0.15, -0.1) is 0 Å². The molecule has 0 aromatic heterocycles. The number of benzene rings is 1. The molecule has 1 aromatic rings. The quantitative estimate of drug-likeness (QED) is 0.731. The molecule has 15 heavy (non-hydrogen) atoms. The van der Waals surface area contributed by atoms with Gasteiger partial charge in [0.1, 0.15) is 5.75 Å². The first-order valence-electron chi connectivity index (χ1n) is 4.66. The van der Waals surface area contributed by atoms with E-state index in [-0.39, 0.29) is 6.10 Å². The molecule has 0 bridgehead atoms. The summed E-state index contributed by atoms with van der Waals surface area (Å²) in [5.74, 6) is 0.756. The summed E-state index contributed by atoms with van der Waals surface area (Å²) in [6.45, 7) is 3.92. The zero-order valence-corrected chi connectivity index (χ0v) is 9.45. The van der Waals surface area contributed by atoms with E-state index < -0.39 is 0 Å². The zero-order chi connectivity index (χ0) is 11.3. The molecule has 0 unspecified atom stereocenters. The molecular weight excluding hydrogens is 210 g/mol. The van der Waals surface area contributed by atoms with Crippen LogP contribution in [-0.2, 0) is 0 Å². The van der Waals surface area contributed by atoms with E-state index in [0.717, 1.165) is 11.3 Å². The molecule has 0 heterocycles. The van der Waals surface area contributed by atoms with Gasteiger partial charge in [-0.05, 0) is 31.5 Å². The third kappa shape index (κ3) is 3.65. The van der Waals surface area contributed by atoms with Crippen molar-refractivity contribution < 1.29 is 4.74 Å².